The van der Waals surface area contributed by atoms with E-state index in [4.69, 9.17) is 4.98 Å². The maximum atomic E-state index is 4.71. The van der Waals surface area contributed by atoms with Gasteiger partial charge in [-0.05, 0) is 31.4 Å². The summed E-state index contributed by atoms with van der Waals surface area (Å²) >= 11 is 0. The highest BCUT2D eigenvalue weighted by atomic mass is 15.1. The molecule has 0 bridgehead atoms. The average Bonchev–Trinajstić information content (AvgIpc) is 2.92. The van der Waals surface area contributed by atoms with Crippen molar-refractivity contribution < 1.29 is 0 Å². The third-order valence-electron chi connectivity index (χ3n) is 3.68. The molecule has 90 valence electrons. The van der Waals surface area contributed by atoms with E-state index < -0.39 is 0 Å². The van der Waals surface area contributed by atoms with E-state index >= 15 is 0 Å². The normalized spacial score (nSPS) is 23.2. The molecular formula is C14H19N3. The lowest BCUT2D eigenvalue weighted by Crippen LogP contribution is -2.20. The van der Waals surface area contributed by atoms with Crippen molar-refractivity contribution in [2.75, 3.05) is 0 Å². The summed E-state index contributed by atoms with van der Waals surface area (Å²) in [7, 11) is 0. The van der Waals surface area contributed by atoms with Gasteiger partial charge in [-0.1, -0.05) is 19.1 Å². The lowest BCUT2D eigenvalue weighted by molar-refractivity contribution is 0.599. The molecule has 0 amide bonds. The Morgan fingerprint density at radius 1 is 1.41 bits per heavy atom. The van der Waals surface area contributed by atoms with Crippen molar-refractivity contribution in [3.63, 3.8) is 0 Å². The number of benzene rings is 1. The number of aromatic nitrogens is 2. The molecule has 2 unspecified atom stereocenters. The first kappa shape index (κ1) is 10.8. The van der Waals surface area contributed by atoms with E-state index in [0.29, 0.717) is 6.04 Å². The van der Waals surface area contributed by atoms with Crippen molar-refractivity contribution in [3.05, 3.63) is 30.1 Å². The predicted octanol–water partition coefficient (Wildman–Crippen LogP) is 2.55. The Hall–Kier alpha value is -1.35. The molecule has 1 aromatic heterocycles. The lowest BCUT2D eigenvalue weighted by Gasteiger charge is -2.06. The second kappa shape index (κ2) is 4.15. The zero-order chi connectivity index (χ0) is 11.8. The molecule has 1 aromatic carbocycles. The van der Waals surface area contributed by atoms with Crippen LogP contribution in [0.2, 0.25) is 0 Å². The summed E-state index contributed by atoms with van der Waals surface area (Å²) in [5.74, 6) is 2.00. The number of hydrogen-bond donors (Lipinski definition) is 1. The number of para-hydroxylation sites is 2. The van der Waals surface area contributed by atoms with Crippen LogP contribution >= 0.6 is 0 Å². The van der Waals surface area contributed by atoms with Gasteiger partial charge in [-0.25, -0.2) is 4.98 Å². The SMILES string of the molecule is CCn1c(CNC2CC2C)nc2ccccc21. The van der Waals surface area contributed by atoms with Crippen LogP contribution < -0.4 is 5.32 Å². The molecule has 0 radical (unpaired) electrons. The smallest absolute Gasteiger partial charge is 0.123 e. The predicted molar refractivity (Wildman–Crippen MR) is 69.8 cm³/mol. The van der Waals surface area contributed by atoms with E-state index in [1.165, 1.54) is 11.9 Å². The summed E-state index contributed by atoms with van der Waals surface area (Å²) in [5, 5.41) is 3.57. The monoisotopic (exact) mass is 229 g/mol. The minimum atomic E-state index is 0.708. The first-order valence-electron chi connectivity index (χ1n) is 6.47. The van der Waals surface area contributed by atoms with Crippen LogP contribution in [0.15, 0.2) is 24.3 Å². The van der Waals surface area contributed by atoms with Crippen LogP contribution in [-0.2, 0) is 13.1 Å². The summed E-state index contributed by atoms with van der Waals surface area (Å²) in [6, 6.07) is 9.08. The second-order valence-electron chi connectivity index (χ2n) is 4.96. The van der Waals surface area contributed by atoms with Gasteiger partial charge in [-0.2, -0.15) is 0 Å². The highest BCUT2D eigenvalue weighted by Crippen LogP contribution is 2.29. The summed E-state index contributed by atoms with van der Waals surface area (Å²) in [6.45, 7) is 6.34. The number of hydrogen-bond acceptors (Lipinski definition) is 2. The van der Waals surface area contributed by atoms with Gasteiger partial charge >= 0.3 is 0 Å². The van der Waals surface area contributed by atoms with Gasteiger partial charge in [0.1, 0.15) is 5.82 Å². The molecule has 0 aliphatic heterocycles. The Balaban J connectivity index is 1.86. The third kappa shape index (κ3) is 1.95. The third-order valence-corrected chi connectivity index (χ3v) is 3.68. The number of nitrogens with one attached hydrogen (secondary N) is 1. The van der Waals surface area contributed by atoms with Crippen molar-refractivity contribution in [3.8, 4) is 0 Å². The van der Waals surface area contributed by atoms with Crippen LogP contribution in [0.25, 0.3) is 11.0 Å². The summed E-state index contributed by atoms with van der Waals surface area (Å²) in [5.41, 5.74) is 2.35. The second-order valence-corrected chi connectivity index (χ2v) is 4.96. The van der Waals surface area contributed by atoms with Crippen LogP contribution in [-0.4, -0.2) is 15.6 Å². The van der Waals surface area contributed by atoms with Gasteiger partial charge < -0.3 is 9.88 Å². The van der Waals surface area contributed by atoms with Gasteiger partial charge in [0.05, 0.1) is 17.6 Å². The molecule has 3 heteroatoms. The quantitative estimate of drug-likeness (QED) is 0.873. The zero-order valence-electron chi connectivity index (χ0n) is 10.5. The number of aryl methyl sites for hydroxylation is 1. The number of imidazole rings is 1. The number of fused-ring (bicyclic) bond motifs is 1. The van der Waals surface area contributed by atoms with Gasteiger partial charge in [0.2, 0.25) is 0 Å². The topological polar surface area (TPSA) is 29.9 Å². The van der Waals surface area contributed by atoms with E-state index in [0.717, 1.165) is 30.3 Å². The van der Waals surface area contributed by atoms with Crippen molar-refractivity contribution in [1.29, 1.82) is 0 Å². The zero-order valence-corrected chi connectivity index (χ0v) is 10.5. The van der Waals surface area contributed by atoms with Crippen LogP contribution in [0, 0.1) is 5.92 Å². The molecule has 3 nitrogen and oxygen atoms in total. The molecule has 1 aliphatic carbocycles. The molecule has 1 N–H and O–H groups in total. The number of nitrogens with zero attached hydrogens (tertiary/aromatic N) is 2. The van der Waals surface area contributed by atoms with Crippen molar-refractivity contribution >= 4 is 11.0 Å². The van der Waals surface area contributed by atoms with E-state index in [1.807, 2.05) is 0 Å². The van der Waals surface area contributed by atoms with Crippen LogP contribution in [0.3, 0.4) is 0 Å². The highest BCUT2D eigenvalue weighted by molar-refractivity contribution is 5.75. The van der Waals surface area contributed by atoms with Gasteiger partial charge in [0.25, 0.3) is 0 Å². The van der Waals surface area contributed by atoms with E-state index in [9.17, 15) is 0 Å². The van der Waals surface area contributed by atoms with E-state index in [-0.39, 0.29) is 0 Å². The van der Waals surface area contributed by atoms with Crippen molar-refractivity contribution in [1.82, 2.24) is 14.9 Å². The Kier molecular flexibility index (Phi) is 2.63. The van der Waals surface area contributed by atoms with Gasteiger partial charge in [-0.3, -0.25) is 0 Å². The summed E-state index contributed by atoms with van der Waals surface area (Å²) < 4.78 is 2.30. The lowest BCUT2D eigenvalue weighted by atomic mass is 10.3. The largest absolute Gasteiger partial charge is 0.327 e. The summed E-state index contributed by atoms with van der Waals surface area (Å²) in [6.07, 6.45) is 1.31. The highest BCUT2D eigenvalue weighted by Gasteiger charge is 2.32. The fourth-order valence-corrected chi connectivity index (χ4v) is 2.44. The molecule has 1 heterocycles. The molecule has 17 heavy (non-hydrogen) atoms. The first-order chi connectivity index (χ1) is 8.29. The maximum absolute atomic E-state index is 4.71. The molecule has 3 rings (SSSR count). The molecule has 0 saturated heterocycles. The van der Waals surface area contributed by atoms with Crippen molar-refractivity contribution in [2.45, 2.75) is 39.4 Å². The van der Waals surface area contributed by atoms with Crippen LogP contribution in [0.4, 0.5) is 0 Å². The fourth-order valence-electron chi connectivity index (χ4n) is 2.44. The minimum absolute atomic E-state index is 0.708. The standard InChI is InChI=1S/C14H19N3/c1-3-17-13-7-5-4-6-11(13)16-14(17)9-15-12-8-10(12)2/h4-7,10,12,15H,3,8-9H2,1-2H3. The average molecular weight is 229 g/mol. The van der Waals surface area contributed by atoms with E-state index in [2.05, 4.69) is 48.0 Å². The first-order valence-corrected chi connectivity index (χ1v) is 6.47. The molecule has 1 aliphatic rings. The van der Waals surface area contributed by atoms with Crippen molar-refractivity contribution in [2.24, 2.45) is 5.92 Å². The van der Waals surface area contributed by atoms with Crippen LogP contribution in [0.5, 0.6) is 0 Å². The van der Waals surface area contributed by atoms with Gasteiger partial charge in [0.15, 0.2) is 0 Å². The Labute approximate surface area is 102 Å². The molecular weight excluding hydrogens is 210 g/mol. The fraction of sp³-hybridized carbons (Fsp3) is 0.500. The minimum Gasteiger partial charge on any atom is -0.327 e. The van der Waals surface area contributed by atoms with Crippen LogP contribution in [0.1, 0.15) is 26.1 Å². The molecule has 1 saturated carbocycles. The molecule has 1 fully saturated rings. The van der Waals surface area contributed by atoms with Gasteiger partial charge in [0, 0.05) is 12.6 Å². The molecule has 2 atom stereocenters. The Morgan fingerprint density at radius 3 is 2.88 bits per heavy atom. The Bertz CT molecular complexity index is 529. The van der Waals surface area contributed by atoms with Gasteiger partial charge in [-0.15, -0.1) is 0 Å². The number of rotatable bonds is 4. The molecule has 2 aromatic rings. The van der Waals surface area contributed by atoms with E-state index in [1.54, 1.807) is 0 Å². The Morgan fingerprint density at radius 2 is 2.18 bits per heavy atom. The summed E-state index contributed by atoms with van der Waals surface area (Å²) in [4.78, 5) is 4.71. The molecule has 0 spiro atoms. The maximum Gasteiger partial charge on any atom is 0.123 e.